The van der Waals surface area contributed by atoms with E-state index in [1.807, 2.05) is 36.4 Å². The molecule has 0 radical (unpaired) electrons. The number of hydrogen-bond donors (Lipinski definition) is 0. The molecule has 4 heteroatoms. The first kappa shape index (κ1) is 13.8. The van der Waals surface area contributed by atoms with Crippen molar-refractivity contribution >= 4 is 27.5 Å². The summed E-state index contributed by atoms with van der Waals surface area (Å²) in [5.74, 6) is 2.07. The van der Waals surface area contributed by atoms with Crippen LogP contribution in [0.5, 0.6) is 11.5 Å². The molecule has 104 valence electrons. The fourth-order valence-corrected chi connectivity index (χ4v) is 3.33. The van der Waals surface area contributed by atoms with Gasteiger partial charge in [-0.3, -0.25) is 0 Å². The Bertz CT molecular complexity index is 615. The minimum Gasteiger partial charge on any atom is -0.493 e. The molecule has 1 heterocycles. The highest BCUT2D eigenvalue weighted by atomic mass is 79.9. The van der Waals surface area contributed by atoms with Crippen LogP contribution in [-0.2, 0) is 5.33 Å². The van der Waals surface area contributed by atoms with Crippen LogP contribution in [0.1, 0.15) is 17.0 Å². The van der Waals surface area contributed by atoms with E-state index in [1.165, 1.54) is 5.56 Å². The number of alkyl halides is 1. The van der Waals surface area contributed by atoms with Gasteiger partial charge in [-0.1, -0.05) is 51.8 Å². The van der Waals surface area contributed by atoms with Crippen LogP contribution in [0.4, 0.5) is 0 Å². The Morgan fingerprint density at radius 1 is 1.20 bits per heavy atom. The summed E-state index contributed by atoms with van der Waals surface area (Å²) in [6, 6.07) is 13.8. The fraction of sp³-hybridized carbons (Fsp3) is 0.250. The third-order valence-electron chi connectivity index (χ3n) is 3.45. The minimum absolute atomic E-state index is 0.272. The van der Waals surface area contributed by atoms with Crippen molar-refractivity contribution in [3.05, 3.63) is 58.6 Å². The summed E-state index contributed by atoms with van der Waals surface area (Å²) in [4.78, 5) is 0. The van der Waals surface area contributed by atoms with E-state index in [-0.39, 0.29) is 5.92 Å². The number of benzene rings is 2. The second-order valence-corrected chi connectivity index (χ2v) is 5.67. The first-order chi connectivity index (χ1) is 9.79. The van der Waals surface area contributed by atoms with Crippen LogP contribution in [0.15, 0.2) is 42.5 Å². The molecule has 20 heavy (non-hydrogen) atoms. The molecular formula is C16H14BrClO2. The molecule has 0 fully saturated rings. The third-order valence-corrected chi connectivity index (χ3v) is 4.36. The van der Waals surface area contributed by atoms with E-state index in [1.54, 1.807) is 0 Å². The molecule has 2 nitrogen and oxygen atoms in total. The van der Waals surface area contributed by atoms with Crippen molar-refractivity contribution in [1.82, 2.24) is 0 Å². The minimum atomic E-state index is 0.272. The van der Waals surface area contributed by atoms with Crippen LogP contribution in [0, 0.1) is 0 Å². The van der Waals surface area contributed by atoms with Gasteiger partial charge in [0.2, 0.25) is 0 Å². The first-order valence-electron chi connectivity index (χ1n) is 6.47. The Balaban J connectivity index is 1.74. The average Bonchev–Trinajstić information content (AvgIpc) is 2.88. The van der Waals surface area contributed by atoms with Crippen molar-refractivity contribution in [2.45, 2.75) is 11.2 Å². The van der Waals surface area contributed by atoms with E-state index in [0.717, 1.165) is 22.1 Å². The van der Waals surface area contributed by atoms with Crippen LogP contribution in [0.3, 0.4) is 0 Å². The highest BCUT2D eigenvalue weighted by molar-refractivity contribution is 9.08. The maximum atomic E-state index is 6.17. The van der Waals surface area contributed by atoms with Crippen molar-refractivity contribution in [3.63, 3.8) is 0 Å². The van der Waals surface area contributed by atoms with Crippen molar-refractivity contribution in [3.8, 4) is 11.5 Å². The van der Waals surface area contributed by atoms with E-state index in [2.05, 4.69) is 22.0 Å². The molecule has 1 aliphatic heterocycles. The van der Waals surface area contributed by atoms with Gasteiger partial charge >= 0.3 is 0 Å². The zero-order valence-corrected chi connectivity index (χ0v) is 13.2. The Morgan fingerprint density at radius 3 is 2.90 bits per heavy atom. The molecule has 0 N–H and O–H groups in total. The second-order valence-electron chi connectivity index (χ2n) is 4.71. The van der Waals surface area contributed by atoms with Crippen LogP contribution >= 0.6 is 27.5 Å². The normalized spacial score (nSPS) is 16.6. The molecule has 2 aromatic rings. The molecule has 1 unspecified atom stereocenters. The zero-order valence-electron chi connectivity index (χ0n) is 10.8. The van der Waals surface area contributed by atoms with E-state index in [9.17, 15) is 0 Å². The summed E-state index contributed by atoms with van der Waals surface area (Å²) < 4.78 is 11.6. The Kier molecular flexibility index (Phi) is 4.18. The van der Waals surface area contributed by atoms with E-state index >= 15 is 0 Å². The van der Waals surface area contributed by atoms with Crippen molar-refractivity contribution < 1.29 is 9.47 Å². The zero-order chi connectivity index (χ0) is 13.9. The fourth-order valence-electron chi connectivity index (χ4n) is 2.36. The van der Waals surface area contributed by atoms with Gasteiger partial charge in [-0.25, -0.2) is 0 Å². The number of ether oxygens (including phenoxy) is 2. The van der Waals surface area contributed by atoms with Gasteiger partial charge in [0, 0.05) is 21.5 Å². The van der Waals surface area contributed by atoms with Gasteiger partial charge in [0.25, 0.3) is 0 Å². The first-order valence-corrected chi connectivity index (χ1v) is 7.97. The average molecular weight is 354 g/mol. The Labute approximate surface area is 131 Å². The van der Waals surface area contributed by atoms with Crippen LogP contribution in [0.2, 0.25) is 5.02 Å². The lowest BCUT2D eigenvalue weighted by atomic mass is 10.0. The van der Waals surface area contributed by atoms with Crippen LogP contribution in [0.25, 0.3) is 0 Å². The van der Waals surface area contributed by atoms with E-state index in [4.69, 9.17) is 21.1 Å². The van der Waals surface area contributed by atoms with Crippen molar-refractivity contribution in [2.75, 3.05) is 13.2 Å². The largest absolute Gasteiger partial charge is 0.493 e. The monoisotopic (exact) mass is 352 g/mol. The number of para-hydroxylation sites is 1. The molecule has 0 saturated heterocycles. The summed E-state index contributed by atoms with van der Waals surface area (Å²) in [7, 11) is 0. The molecule has 0 spiro atoms. The van der Waals surface area contributed by atoms with Gasteiger partial charge < -0.3 is 9.47 Å². The molecule has 0 bridgehead atoms. The molecule has 3 rings (SSSR count). The summed E-state index contributed by atoms with van der Waals surface area (Å²) in [6.45, 7) is 1.26. The van der Waals surface area contributed by atoms with Gasteiger partial charge in [-0.2, -0.15) is 0 Å². The van der Waals surface area contributed by atoms with Gasteiger partial charge in [-0.15, -0.1) is 0 Å². The van der Waals surface area contributed by atoms with E-state index in [0.29, 0.717) is 18.5 Å². The number of hydrogen-bond acceptors (Lipinski definition) is 2. The SMILES string of the molecule is Clc1cccc(OCC2COc3ccccc32)c1CBr. The van der Waals surface area contributed by atoms with Gasteiger partial charge in [-0.05, 0) is 18.2 Å². The predicted octanol–water partition coefficient (Wildman–Crippen LogP) is 4.79. The molecule has 1 aliphatic rings. The molecule has 0 saturated carbocycles. The molecule has 2 aromatic carbocycles. The summed E-state index contributed by atoms with van der Waals surface area (Å²) >= 11 is 9.62. The highest BCUT2D eigenvalue weighted by Gasteiger charge is 2.24. The maximum absolute atomic E-state index is 6.17. The lowest BCUT2D eigenvalue weighted by Gasteiger charge is -2.14. The number of halogens is 2. The van der Waals surface area contributed by atoms with Crippen LogP contribution < -0.4 is 9.47 Å². The smallest absolute Gasteiger partial charge is 0.124 e. The summed E-state index contributed by atoms with van der Waals surface area (Å²) in [5, 5.41) is 1.40. The van der Waals surface area contributed by atoms with E-state index < -0.39 is 0 Å². The summed E-state index contributed by atoms with van der Waals surface area (Å²) in [6.07, 6.45) is 0. The van der Waals surface area contributed by atoms with Crippen molar-refractivity contribution in [2.24, 2.45) is 0 Å². The summed E-state index contributed by atoms with van der Waals surface area (Å²) in [5.41, 5.74) is 2.20. The highest BCUT2D eigenvalue weighted by Crippen LogP contribution is 2.35. The van der Waals surface area contributed by atoms with Gasteiger partial charge in [0.1, 0.15) is 11.5 Å². The molecule has 1 atom stereocenters. The van der Waals surface area contributed by atoms with Gasteiger partial charge in [0.15, 0.2) is 0 Å². The standard InChI is InChI=1S/C16H14BrClO2/c17-8-13-14(18)5-3-7-16(13)20-10-11-9-19-15-6-2-1-4-12(11)15/h1-7,11H,8-10H2. The maximum Gasteiger partial charge on any atom is 0.124 e. The molecule has 0 amide bonds. The second kappa shape index (κ2) is 6.06. The lowest BCUT2D eigenvalue weighted by Crippen LogP contribution is -2.12. The number of rotatable bonds is 4. The Morgan fingerprint density at radius 2 is 2.05 bits per heavy atom. The Hall–Kier alpha value is -1.19. The third kappa shape index (κ3) is 2.65. The predicted molar refractivity (Wildman–Crippen MR) is 84.3 cm³/mol. The van der Waals surface area contributed by atoms with Crippen LogP contribution in [-0.4, -0.2) is 13.2 Å². The molecule has 0 aliphatic carbocycles. The van der Waals surface area contributed by atoms with Gasteiger partial charge in [0.05, 0.1) is 19.1 Å². The molecule has 0 aromatic heterocycles. The number of fused-ring (bicyclic) bond motifs is 1. The van der Waals surface area contributed by atoms with Crippen molar-refractivity contribution in [1.29, 1.82) is 0 Å². The molecular weight excluding hydrogens is 340 g/mol. The quantitative estimate of drug-likeness (QED) is 0.736. The topological polar surface area (TPSA) is 18.5 Å². The lowest BCUT2D eigenvalue weighted by molar-refractivity contribution is 0.247.